The molecule has 0 radical (unpaired) electrons. The van der Waals surface area contributed by atoms with Crippen molar-refractivity contribution >= 4 is 110 Å². The Morgan fingerprint density at radius 1 is 0.429 bits per heavy atom. The maximum atomic E-state index is 14.3. The summed E-state index contributed by atoms with van der Waals surface area (Å²) < 4.78 is 311. The third-order valence-electron chi connectivity index (χ3n) is 21.4. The van der Waals surface area contributed by atoms with Crippen LogP contribution >= 0.6 is 0 Å². The maximum absolute atomic E-state index is 14.3. The van der Waals surface area contributed by atoms with Crippen LogP contribution in [-0.2, 0) is 91.5 Å². The number of alkyl halides is 12. The Labute approximate surface area is 817 Å². The molecule has 0 amide bonds. The monoisotopic (exact) mass is 2110 g/mol. The van der Waals surface area contributed by atoms with E-state index >= 15 is 0 Å². The number of anilines is 2. The van der Waals surface area contributed by atoms with Crippen LogP contribution in [0.3, 0.4) is 0 Å². The van der Waals surface area contributed by atoms with Crippen LogP contribution in [0.2, 0.25) is 0 Å². The molecule has 3 aliphatic rings. The molecule has 44 heteroatoms. The molecule has 1 atom stereocenters. The van der Waals surface area contributed by atoms with Gasteiger partial charge in [0.05, 0.1) is 59.5 Å². The molecule has 0 aliphatic carbocycles. The lowest BCUT2D eigenvalue weighted by molar-refractivity contribution is -0.244. The highest BCUT2D eigenvalue weighted by Crippen LogP contribution is 2.55. The van der Waals surface area contributed by atoms with E-state index in [1.165, 1.54) is 110 Å². The summed E-state index contributed by atoms with van der Waals surface area (Å²) >= 11 is 0. The molecule has 0 spiro atoms. The highest BCUT2D eigenvalue weighted by molar-refractivity contribution is 8.13. The number of aromatic amines is 1. The molecule has 3 N–H and O–H groups in total. The van der Waals surface area contributed by atoms with Crippen LogP contribution in [0.1, 0.15) is 96.6 Å². The van der Waals surface area contributed by atoms with Crippen molar-refractivity contribution in [3.63, 3.8) is 0 Å². The van der Waals surface area contributed by atoms with Gasteiger partial charge in [-0.1, -0.05) is 242 Å². The van der Waals surface area contributed by atoms with Gasteiger partial charge in [0.25, 0.3) is 20.0 Å². The number of ether oxygens (including phenoxy) is 1. The number of esters is 1. The molecule has 1 aromatic heterocycles. The molecule has 10 aromatic carbocycles. The van der Waals surface area contributed by atoms with E-state index in [1.54, 1.807) is 0 Å². The number of benzene rings is 10. The summed E-state index contributed by atoms with van der Waals surface area (Å²) in [5, 5.41) is -27.0. The number of imidazole rings is 1. The normalized spacial score (nSPS) is 15.3. The second-order valence-corrected chi connectivity index (χ2v) is 47.6. The first-order valence-electron chi connectivity index (χ1n) is 43.8. The summed E-state index contributed by atoms with van der Waals surface area (Å²) in [6, 6.07) is 98.8. The molecule has 1 unspecified atom stereocenters. The second-order valence-electron chi connectivity index (χ2n) is 32.5. The second kappa shape index (κ2) is 50.3. The lowest BCUT2D eigenvalue weighted by atomic mass is 9.93. The number of nitrogens with two attached hydrogens (primary N) is 1. The van der Waals surface area contributed by atoms with E-state index in [9.17, 15) is 108 Å². The van der Waals surface area contributed by atoms with E-state index in [0.717, 1.165) is 28.1 Å². The maximum Gasteiger partial charge on any atom is 0.428 e. The highest BCUT2D eigenvalue weighted by atomic mass is 32.3. The standard InChI is InChI=1S/2C18H15S.C14H23N.C13H10N2.C12H16F6N3O8S3.C12H19N.C9H14F6N3O6S3/c2*1-4-10-16(11-5-1)19(17-12-6-2-7-13-17)18-14-8-3-9-15-18;1-3-5-12-15(13-6-4-2)14-10-8-7-9-11-14;1-2-6-10(7-3-1)13-14-11-8-4-5-9-12(11)15-13;1-30(23,24)19-31(25,26)11(15,16)10(13,14)12(17,18)32(27,28)21-5-3-20(4-6-21)8-2-7-29-9(8)22;1-8(2)10-6-5-7-11(9(3)4)12(10)13;1-17-3-5-18(6-4-17)27(23,24)9(14,15)7(10,11)8(12,13)26(21,22)16-25(2,19)20/h2*1-15H;7-11H,3-6,12-13H2,1-2H3;1-9H,(H,14,15);8H,2-7H2,1H3;5-9H,13H2,1-4H3;3-6H2,1-2H3/q2*+1;;;-1;;-1. The van der Waals surface area contributed by atoms with Crippen molar-refractivity contribution in [1.29, 1.82) is 0 Å². The minimum atomic E-state index is -7.14. The minimum Gasteiger partial charge on any atom is -0.464 e. The van der Waals surface area contributed by atoms with Crippen molar-refractivity contribution in [3.05, 3.63) is 305 Å². The Balaban J connectivity index is 0.000000204. The average molecular weight is 2110 g/mol. The van der Waals surface area contributed by atoms with Crippen molar-refractivity contribution in [2.45, 2.75) is 154 Å². The zero-order valence-corrected chi connectivity index (χ0v) is 84.4. The molecule has 4 heterocycles. The van der Waals surface area contributed by atoms with E-state index in [1.807, 2.05) is 42.5 Å². The summed E-state index contributed by atoms with van der Waals surface area (Å²) in [6.45, 7) is 11.1. The fourth-order valence-corrected chi connectivity index (χ4v) is 25.7. The van der Waals surface area contributed by atoms with Gasteiger partial charge in [0.1, 0.15) is 11.9 Å². The molecule has 14 rings (SSSR count). The SMILES string of the molecule is CC(C)c1cccc(C(C)C)c1N.CCCCN(CCCC)c1ccccc1.CN1CCN(S(=O)(=O)C(F)(F)C(F)(F)C(F)(F)S(=O)(=O)[N-]S(C)(=O)=O)CC1.CS(=O)(=O)[N-]S(=O)(=O)C(F)(F)C(F)(F)C(F)(F)S(=O)(=O)N1CCN(C2CCOC2=O)CC1.c1ccc(-c2nc3ccccc3[nH]2)cc1.c1ccc([S+](c2ccccc2)c2ccccc2)cc1.c1ccc([S+](c2ccccc2)c2ccccc2)cc1. The van der Waals surface area contributed by atoms with Gasteiger partial charge in [0, 0.05) is 101 Å². The van der Waals surface area contributed by atoms with Crippen LogP contribution in [0.5, 0.6) is 0 Å². The van der Waals surface area contributed by atoms with E-state index in [4.69, 9.17) is 10.5 Å². The summed E-state index contributed by atoms with van der Waals surface area (Å²) in [4.78, 5) is 32.8. The molecular weight excluding hydrogens is 2000 g/mol. The number of carbonyl (C=O) groups is 1. The Bertz CT molecular complexity index is 6110. The number of carbonyl (C=O) groups excluding carboxylic acids is 1. The largest absolute Gasteiger partial charge is 0.464 e. The Morgan fingerprint density at radius 3 is 1.04 bits per heavy atom. The van der Waals surface area contributed by atoms with Crippen molar-refractivity contribution < 1.29 is 113 Å². The Kier molecular flexibility index (Phi) is 41.5. The first-order valence-corrected chi connectivity index (χ1v) is 55.8. The van der Waals surface area contributed by atoms with E-state index in [2.05, 4.69) is 299 Å². The number of fused-ring (bicyclic) bond motifs is 1. The number of piperazine rings is 2. The van der Waals surface area contributed by atoms with Gasteiger partial charge in [-0.15, -0.1) is 0 Å². The molecular formula is C96H112F12N10O14S8. The number of rotatable bonds is 31. The third-order valence-corrected chi connectivity index (χ3v) is 35.3. The van der Waals surface area contributed by atoms with Gasteiger partial charge >= 0.3 is 38.8 Å². The Hall–Kier alpha value is -9.94. The summed E-state index contributed by atoms with van der Waals surface area (Å²) in [7, 11) is -36.3. The van der Waals surface area contributed by atoms with Crippen LogP contribution in [0.15, 0.2) is 314 Å². The number of cyclic esters (lactones) is 1. The number of nitrogens with one attached hydrogen (secondary N) is 1. The van der Waals surface area contributed by atoms with Crippen LogP contribution in [-0.4, -0.2) is 215 Å². The van der Waals surface area contributed by atoms with E-state index in [0.29, 0.717) is 11.8 Å². The molecule has 11 aromatic rings. The summed E-state index contributed by atoms with van der Waals surface area (Å²) in [5.41, 5.74) is 14.2. The number of aromatic nitrogens is 2. The zero-order valence-electron chi connectivity index (χ0n) is 77.9. The van der Waals surface area contributed by atoms with Crippen LogP contribution in [0.4, 0.5) is 64.1 Å². The number of nitrogens with zero attached hydrogens (tertiary/aromatic N) is 8. The molecule has 140 heavy (non-hydrogen) atoms. The molecule has 762 valence electrons. The average Bonchev–Trinajstić information content (AvgIpc) is 0.803. The van der Waals surface area contributed by atoms with Crippen molar-refractivity contribution in [2.24, 2.45) is 0 Å². The lowest BCUT2D eigenvalue weighted by Gasteiger charge is -2.40. The minimum absolute atomic E-state index is 0.0146. The van der Waals surface area contributed by atoms with Crippen LogP contribution in [0.25, 0.3) is 30.7 Å². The number of para-hydroxylation sites is 4. The quantitative estimate of drug-likeness (QED) is 0.0176. The van der Waals surface area contributed by atoms with Crippen LogP contribution < -0.4 is 10.6 Å². The first kappa shape index (κ1) is 115. The zero-order chi connectivity index (χ0) is 104. The van der Waals surface area contributed by atoms with Crippen molar-refractivity contribution in [1.82, 2.24) is 28.4 Å². The molecule has 3 fully saturated rings. The lowest BCUT2D eigenvalue weighted by Crippen LogP contribution is -2.64. The number of nitrogen functional groups attached to an aromatic ring is 1. The Morgan fingerprint density at radius 2 is 0.736 bits per heavy atom. The predicted molar refractivity (Wildman–Crippen MR) is 525 cm³/mol. The van der Waals surface area contributed by atoms with Gasteiger partial charge in [-0.05, 0) is 140 Å². The third kappa shape index (κ3) is 29.4. The first-order chi connectivity index (χ1) is 65.6. The molecule has 3 aliphatic heterocycles. The molecule has 0 bridgehead atoms. The van der Waals surface area contributed by atoms with E-state index in [-0.39, 0.29) is 69.0 Å². The number of sulfonamides is 6. The number of likely N-dealkylation sites (N-methyl/N-ethyl adjacent to an activating group) is 1. The van der Waals surface area contributed by atoms with Gasteiger partial charge in [0.2, 0.25) is 0 Å². The summed E-state index contributed by atoms with van der Waals surface area (Å²) in [5.74, 6) is -12.9. The molecule has 24 nitrogen and oxygen atoms in total. The van der Waals surface area contributed by atoms with Crippen molar-refractivity contribution in [2.75, 3.05) is 102 Å². The summed E-state index contributed by atoms with van der Waals surface area (Å²) in [6.07, 6.45) is 5.17. The van der Waals surface area contributed by atoms with Gasteiger partial charge < -0.3 is 33.5 Å². The fraction of sp³-hybridized carbons (Fsp3) is 0.354. The molecule has 3 saturated heterocycles. The van der Waals surface area contributed by atoms with Gasteiger partial charge in [-0.3, -0.25) is 9.69 Å². The number of hydrogen-bond donors (Lipinski definition) is 2. The number of halogens is 12. The number of hydrogen-bond acceptors (Lipinski definition) is 19. The van der Waals surface area contributed by atoms with E-state index < -0.39 is 144 Å². The molecule has 0 saturated carbocycles. The van der Waals surface area contributed by atoms with Gasteiger partial charge in [0.15, 0.2) is 49.4 Å². The predicted octanol–water partition coefficient (Wildman–Crippen LogP) is 20.2. The topological polar surface area (TPSA) is 330 Å². The number of H-pyrrole nitrogens is 1. The van der Waals surface area contributed by atoms with Gasteiger partial charge in [-0.2, -0.15) is 61.3 Å². The number of unbranched alkanes of at least 4 members (excludes halogenated alkanes) is 2. The smallest absolute Gasteiger partial charge is 0.428 e. The fourth-order valence-electron chi connectivity index (χ4n) is 14.0. The highest BCUT2D eigenvalue weighted by Gasteiger charge is 2.82. The van der Waals surface area contributed by atoms with Crippen molar-refractivity contribution in [3.8, 4) is 11.4 Å². The van der Waals surface area contributed by atoms with Gasteiger partial charge in [-0.25, -0.2) is 55.5 Å². The van der Waals surface area contributed by atoms with Crippen LogP contribution in [0, 0.1) is 0 Å².